The molecule has 180 valence electrons. The van der Waals surface area contributed by atoms with Gasteiger partial charge in [-0.1, -0.05) is 58.8 Å². The van der Waals surface area contributed by atoms with Crippen LogP contribution in [0.3, 0.4) is 0 Å². The zero-order chi connectivity index (χ0) is 21.8. The van der Waals surface area contributed by atoms with Crippen molar-refractivity contribution in [2.24, 2.45) is 47.3 Å². The van der Waals surface area contributed by atoms with Crippen LogP contribution in [0.25, 0.3) is 0 Å². The van der Waals surface area contributed by atoms with Crippen LogP contribution in [0.4, 0.5) is 8.78 Å². The molecule has 4 aliphatic rings. The zero-order valence-corrected chi connectivity index (χ0v) is 20.6. The van der Waals surface area contributed by atoms with Crippen LogP contribution in [0.1, 0.15) is 123 Å². The average molecular weight is 437 g/mol. The van der Waals surface area contributed by atoms with E-state index in [1.165, 1.54) is 83.5 Å². The molecule has 4 aliphatic carbocycles. The van der Waals surface area contributed by atoms with Gasteiger partial charge in [0.2, 0.25) is 0 Å². The second kappa shape index (κ2) is 11.3. The fourth-order valence-electron chi connectivity index (χ4n) is 8.57. The van der Waals surface area contributed by atoms with Gasteiger partial charge in [0.15, 0.2) is 0 Å². The lowest BCUT2D eigenvalue weighted by molar-refractivity contribution is -0.0207. The predicted octanol–water partition coefficient (Wildman–Crippen LogP) is 9.32. The SMILES string of the molecule is CCCC1CCC(C2CC(F)C(C3CCC(C4CCC(CC)CC4)CC3)CC2F)CC1. The summed E-state index contributed by atoms with van der Waals surface area (Å²) in [6.45, 7) is 4.61. The number of hydrogen-bond donors (Lipinski definition) is 0. The largest absolute Gasteiger partial charge is 0.247 e. The van der Waals surface area contributed by atoms with E-state index in [-0.39, 0.29) is 11.8 Å². The molecule has 0 N–H and O–H groups in total. The van der Waals surface area contributed by atoms with E-state index in [0.29, 0.717) is 24.7 Å². The van der Waals surface area contributed by atoms with Gasteiger partial charge >= 0.3 is 0 Å². The summed E-state index contributed by atoms with van der Waals surface area (Å²) in [6, 6.07) is 0. The van der Waals surface area contributed by atoms with Crippen LogP contribution in [-0.2, 0) is 0 Å². The monoisotopic (exact) mass is 436 g/mol. The van der Waals surface area contributed by atoms with Crippen molar-refractivity contribution >= 4 is 0 Å². The van der Waals surface area contributed by atoms with Gasteiger partial charge < -0.3 is 0 Å². The van der Waals surface area contributed by atoms with Crippen molar-refractivity contribution in [3.8, 4) is 0 Å². The highest BCUT2D eigenvalue weighted by molar-refractivity contribution is 4.94. The van der Waals surface area contributed by atoms with Crippen LogP contribution < -0.4 is 0 Å². The normalized spacial score (nSPS) is 47.2. The van der Waals surface area contributed by atoms with Crippen molar-refractivity contribution in [1.82, 2.24) is 0 Å². The molecule has 0 nitrogen and oxygen atoms in total. The molecule has 2 heteroatoms. The average Bonchev–Trinajstić information content (AvgIpc) is 2.81. The van der Waals surface area contributed by atoms with Crippen LogP contribution >= 0.6 is 0 Å². The standard InChI is InChI=1S/C29H50F2/c1-3-5-21-8-12-24(13-9-21)26-18-29(31)27(19-28(26)30)25-16-14-23(15-17-25)22-10-6-20(4-2)7-11-22/h20-29H,3-19H2,1-2H3. The van der Waals surface area contributed by atoms with Gasteiger partial charge in [0.05, 0.1) is 0 Å². The highest BCUT2D eigenvalue weighted by Gasteiger charge is 2.45. The van der Waals surface area contributed by atoms with E-state index >= 15 is 8.78 Å². The fourth-order valence-corrected chi connectivity index (χ4v) is 8.57. The first-order valence-electron chi connectivity index (χ1n) is 14.4. The van der Waals surface area contributed by atoms with Gasteiger partial charge in [0.1, 0.15) is 12.3 Å². The Morgan fingerprint density at radius 2 is 0.903 bits per heavy atom. The first-order valence-corrected chi connectivity index (χ1v) is 14.4. The highest BCUT2D eigenvalue weighted by Crippen LogP contribution is 2.50. The number of alkyl halides is 2. The summed E-state index contributed by atoms with van der Waals surface area (Å²) in [5.41, 5.74) is 0. The Bertz CT molecular complexity index is 509. The summed E-state index contributed by atoms with van der Waals surface area (Å²) in [5.74, 6) is 4.56. The highest BCUT2D eigenvalue weighted by atomic mass is 19.1. The lowest BCUT2D eigenvalue weighted by atomic mass is 9.62. The van der Waals surface area contributed by atoms with E-state index in [9.17, 15) is 0 Å². The summed E-state index contributed by atoms with van der Waals surface area (Å²) in [6.07, 6.45) is 19.0. The van der Waals surface area contributed by atoms with Crippen molar-refractivity contribution in [3.63, 3.8) is 0 Å². The maximum atomic E-state index is 15.4. The maximum Gasteiger partial charge on any atom is 0.104 e. The summed E-state index contributed by atoms with van der Waals surface area (Å²) in [5, 5.41) is 0. The molecule has 0 aromatic carbocycles. The van der Waals surface area contributed by atoms with E-state index in [1.807, 2.05) is 0 Å². The minimum absolute atomic E-state index is 0.0129. The first kappa shape index (κ1) is 24.0. The molecule has 4 fully saturated rings. The molecule has 0 aromatic rings. The van der Waals surface area contributed by atoms with E-state index in [1.54, 1.807) is 0 Å². The summed E-state index contributed by atoms with van der Waals surface area (Å²) in [7, 11) is 0. The van der Waals surface area contributed by atoms with E-state index in [0.717, 1.165) is 36.5 Å². The van der Waals surface area contributed by atoms with Crippen LogP contribution in [0.2, 0.25) is 0 Å². The molecule has 0 aromatic heterocycles. The van der Waals surface area contributed by atoms with Crippen molar-refractivity contribution in [3.05, 3.63) is 0 Å². The predicted molar refractivity (Wildman–Crippen MR) is 128 cm³/mol. The van der Waals surface area contributed by atoms with Crippen LogP contribution in [0.5, 0.6) is 0 Å². The molecule has 4 rings (SSSR count). The fraction of sp³-hybridized carbons (Fsp3) is 1.00. The minimum atomic E-state index is -0.744. The quantitative estimate of drug-likeness (QED) is 0.389. The number of rotatable bonds is 6. The molecule has 0 aliphatic heterocycles. The van der Waals surface area contributed by atoms with Gasteiger partial charge in [-0.25, -0.2) is 8.78 Å². The molecule has 0 saturated heterocycles. The van der Waals surface area contributed by atoms with Gasteiger partial charge in [-0.05, 0) is 112 Å². The smallest absolute Gasteiger partial charge is 0.104 e. The first-order chi connectivity index (χ1) is 15.1. The minimum Gasteiger partial charge on any atom is -0.247 e. The van der Waals surface area contributed by atoms with Crippen molar-refractivity contribution < 1.29 is 8.78 Å². The van der Waals surface area contributed by atoms with Crippen molar-refractivity contribution in [1.29, 1.82) is 0 Å². The summed E-state index contributed by atoms with van der Waals surface area (Å²) in [4.78, 5) is 0. The Morgan fingerprint density at radius 3 is 1.35 bits per heavy atom. The maximum absolute atomic E-state index is 15.4. The number of halogens is 2. The Labute approximate surface area is 191 Å². The lowest BCUT2D eigenvalue weighted by Gasteiger charge is -2.45. The Hall–Kier alpha value is -0.140. The molecule has 4 atom stereocenters. The second-order valence-corrected chi connectivity index (χ2v) is 12.3. The molecular formula is C29H50F2. The molecule has 4 unspecified atom stereocenters. The third kappa shape index (κ3) is 5.87. The Kier molecular flexibility index (Phi) is 8.77. The van der Waals surface area contributed by atoms with E-state index in [4.69, 9.17) is 0 Å². The molecule has 0 radical (unpaired) electrons. The lowest BCUT2D eigenvalue weighted by Crippen LogP contribution is -2.42. The third-order valence-corrected chi connectivity index (χ3v) is 10.7. The van der Waals surface area contributed by atoms with Gasteiger partial charge in [0.25, 0.3) is 0 Å². The number of hydrogen-bond acceptors (Lipinski definition) is 0. The summed E-state index contributed by atoms with van der Waals surface area (Å²) >= 11 is 0. The molecule has 0 amide bonds. The van der Waals surface area contributed by atoms with Gasteiger partial charge in [-0.2, -0.15) is 0 Å². The van der Waals surface area contributed by atoms with E-state index in [2.05, 4.69) is 13.8 Å². The molecule has 0 bridgehead atoms. The van der Waals surface area contributed by atoms with E-state index < -0.39 is 12.3 Å². The topological polar surface area (TPSA) is 0 Å². The van der Waals surface area contributed by atoms with Gasteiger partial charge in [-0.15, -0.1) is 0 Å². The summed E-state index contributed by atoms with van der Waals surface area (Å²) < 4.78 is 30.7. The van der Waals surface area contributed by atoms with Crippen LogP contribution in [-0.4, -0.2) is 12.3 Å². The Balaban J connectivity index is 1.23. The van der Waals surface area contributed by atoms with Gasteiger partial charge in [0, 0.05) is 0 Å². The second-order valence-electron chi connectivity index (χ2n) is 12.3. The van der Waals surface area contributed by atoms with Crippen LogP contribution in [0.15, 0.2) is 0 Å². The van der Waals surface area contributed by atoms with Gasteiger partial charge in [-0.3, -0.25) is 0 Å². The Morgan fingerprint density at radius 1 is 0.516 bits per heavy atom. The van der Waals surface area contributed by atoms with Crippen LogP contribution in [0, 0.1) is 47.3 Å². The third-order valence-electron chi connectivity index (χ3n) is 10.7. The zero-order valence-electron chi connectivity index (χ0n) is 20.6. The van der Waals surface area contributed by atoms with Crippen molar-refractivity contribution in [2.75, 3.05) is 0 Å². The molecule has 0 spiro atoms. The molecular weight excluding hydrogens is 386 g/mol. The molecule has 4 saturated carbocycles. The van der Waals surface area contributed by atoms with Crippen molar-refractivity contribution in [2.45, 2.75) is 135 Å². The molecule has 0 heterocycles. The molecule has 31 heavy (non-hydrogen) atoms.